The second-order valence-electron chi connectivity index (χ2n) is 8.18. The fourth-order valence-corrected chi connectivity index (χ4v) is 4.49. The van der Waals surface area contributed by atoms with Gasteiger partial charge in [-0.25, -0.2) is 15.0 Å². The third-order valence-corrected chi connectivity index (χ3v) is 6.23. The molecule has 5 rings (SSSR count). The van der Waals surface area contributed by atoms with Gasteiger partial charge in [-0.15, -0.1) is 0 Å². The number of aromatic nitrogens is 3. The molecule has 3 heterocycles. The molecule has 162 valence electrons. The quantitative estimate of drug-likeness (QED) is 0.371. The Balaban J connectivity index is 1.27. The van der Waals surface area contributed by atoms with Crippen LogP contribution < -0.4 is 5.73 Å². The molecule has 0 amide bonds. The standard InChI is InChI=1S/C24H23ClN6O/c25-23-6-3-18-9-16(2-5-21(18)29-23)11-30-7-8-31(19(13-30)14-32)12-17-1-4-20-22(10-17)27-15-28-24(20)26/h1-6,9-10,14-15,19H,7-8,11-13H2,(H2,26,27,28). The molecular weight excluding hydrogens is 424 g/mol. The Kier molecular flexibility index (Phi) is 5.70. The highest BCUT2D eigenvalue weighted by Crippen LogP contribution is 2.22. The van der Waals surface area contributed by atoms with E-state index in [0.29, 0.717) is 24.1 Å². The van der Waals surface area contributed by atoms with Crippen LogP contribution in [0.15, 0.2) is 54.9 Å². The van der Waals surface area contributed by atoms with Gasteiger partial charge >= 0.3 is 0 Å². The van der Waals surface area contributed by atoms with E-state index in [1.165, 1.54) is 11.9 Å². The number of hydrogen-bond donors (Lipinski definition) is 1. The van der Waals surface area contributed by atoms with Gasteiger partial charge in [-0.3, -0.25) is 9.80 Å². The zero-order valence-electron chi connectivity index (χ0n) is 17.5. The molecule has 0 bridgehead atoms. The highest BCUT2D eigenvalue weighted by molar-refractivity contribution is 6.29. The normalized spacial score (nSPS) is 17.7. The first-order chi connectivity index (χ1) is 15.6. The van der Waals surface area contributed by atoms with E-state index in [4.69, 9.17) is 17.3 Å². The van der Waals surface area contributed by atoms with Crippen LogP contribution in [0, 0.1) is 0 Å². The van der Waals surface area contributed by atoms with E-state index in [1.54, 1.807) is 0 Å². The van der Waals surface area contributed by atoms with Crippen molar-refractivity contribution >= 4 is 45.5 Å². The molecule has 4 aromatic rings. The van der Waals surface area contributed by atoms with E-state index in [1.807, 2.05) is 36.4 Å². The highest BCUT2D eigenvalue weighted by Gasteiger charge is 2.26. The molecule has 1 atom stereocenters. The van der Waals surface area contributed by atoms with Crippen LogP contribution in [0.3, 0.4) is 0 Å². The van der Waals surface area contributed by atoms with Gasteiger partial charge in [0.25, 0.3) is 0 Å². The number of rotatable bonds is 5. The number of hydrogen-bond acceptors (Lipinski definition) is 7. The van der Waals surface area contributed by atoms with Crippen LogP contribution in [-0.2, 0) is 17.9 Å². The predicted molar refractivity (Wildman–Crippen MR) is 126 cm³/mol. The van der Waals surface area contributed by atoms with Crippen LogP contribution in [-0.4, -0.2) is 56.7 Å². The van der Waals surface area contributed by atoms with Crippen molar-refractivity contribution in [1.82, 2.24) is 24.8 Å². The Labute approximate surface area is 190 Å². The Morgan fingerprint density at radius 1 is 1.00 bits per heavy atom. The molecule has 2 N–H and O–H groups in total. The number of anilines is 1. The molecule has 7 nitrogen and oxygen atoms in total. The van der Waals surface area contributed by atoms with Crippen molar-refractivity contribution < 1.29 is 4.79 Å². The van der Waals surface area contributed by atoms with E-state index < -0.39 is 0 Å². The molecule has 2 aromatic heterocycles. The number of piperazine rings is 1. The molecule has 8 heteroatoms. The lowest BCUT2D eigenvalue weighted by Gasteiger charge is -2.39. The smallest absolute Gasteiger partial charge is 0.138 e. The van der Waals surface area contributed by atoms with Crippen LogP contribution in [0.1, 0.15) is 11.1 Å². The second-order valence-corrected chi connectivity index (χ2v) is 8.57. The van der Waals surface area contributed by atoms with E-state index in [2.05, 4.69) is 36.9 Å². The molecular formula is C24H23ClN6O. The lowest BCUT2D eigenvalue weighted by atomic mass is 10.1. The first kappa shape index (κ1) is 20.8. The summed E-state index contributed by atoms with van der Waals surface area (Å²) in [5.74, 6) is 0.480. The van der Waals surface area contributed by atoms with E-state index in [9.17, 15) is 4.79 Å². The number of pyridine rings is 1. The van der Waals surface area contributed by atoms with Gasteiger partial charge in [-0.1, -0.05) is 23.7 Å². The van der Waals surface area contributed by atoms with Crippen LogP contribution in [0.25, 0.3) is 21.8 Å². The fourth-order valence-electron chi connectivity index (χ4n) is 4.34. The monoisotopic (exact) mass is 446 g/mol. The number of nitrogen functional groups attached to an aromatic ring is 1. The fraction of sp³-hybridized carbons (Fsp3) is 0.250. The minimum atomic E-state index is -0.157. The molecule has 1 saturated heterocycles. The van der Waals surface area contributed by atoms with Gasteiger partial charge in [0.1, 0.15) is 23.6 Å². The Bertz CT molecular complexity index is 1300. The lowest BCUT2D eigenvalue weighted by Crippen LogP contribution is -2.53. The summed E-state index contributed by atoms with van der Waals surface area (Å²) >= 11 is 5.98. The number of carbonyl (C=O) groups excluding carboxylic acids is 1. The molecule has 2 aromatic carbocycles. The number of carbonyl (C=O) groups is 1. The van der Waals surface area contributed by atoms with Crippen LogP contribution in [0.2, 0.25) is 5.15 Å². The molecule has 32 heavy (non-hydrogen) atoms. The average Bonchev–Trinajstić information content (AvgIpc) is 2.80. The number of aldehydes is 1. The van der Waals surface area contributed by atoms with Crippen molar-refractivity contribution in [3.8, 4) is 0 Å². The van der Waals surface area contributed by atoms with Crippen molar-refractivity contribution in [3.05, 3.63) is 71.1 Å². The van der Waals surface area contributed by atoms with Gasteiger partial charge in [0.2, 0.25) is 0 Å². The van der Waals surface area contributed by atoms with Gasteiger partial charge in [0.15, 0.2) is 0 Å². The molecule has 0 saturated carbocycles. The first-order valence-corrected chi connectivity index (χ1v) is 10.9. The summed E-state index contributed by atoms with van der Waals surface area (Å²) in [4.78, 5) is 29.2. The summed E-state index contributed by atoms with van der Waals surface area (Å²) in [5, 5.41) is 2.41. The molecule has 0 spiro atoms. The molecule has 1 aliphatic heterocycles. The number of nitrogens with two attached hydrogens (primary N) is 1. The van der Waals surface area contributed by atoms with Gasteiger partial charge in [0.05, 0.1) is 17.1 Å². The van der Waals surface area contributed by atoms with Crippen molar-refractivity contribution in [2.24, 2.45) is 0 Å². The van der Waals surface area contributed by atoms with Gasteiger partial charge in [-0.05, 0) is 47.5 Å². The minimum Gasteiger partial charge on any atom is -0.383 e. The van der Waals surface area contributed by atoms with Gasteiger partial charge < -0.3 is 10.5 Å². The maximum atomic E-state index is 11.9. The zero-order valence-corrected chi connectivity index (χ0v) is 18.2. The van der Waals surface area contributed by atoms with Crippen molar-refractivity contribution in [2.45, 2.75) is 19.1 Å². The van der Waals surface area contributed by atoms with Crippen LogP contribution in [0.5, 0.6) is 0 Å². The van der Waals surface area contributed by atoms with E-state index in [0.717, 1.165) is 53.3 Å². The topological polar surface area (TPSA) is 88.2 Å². The maximum absolute atomic E-state index is 11.9. The zero-order chi connectivity index (χ0) is 22.1. The van der Waals surface area contributed by atoms with Crippen LogP contribution >= 0.6 is 11.6 Å². The summed E-state index contributed by atoms with van der Waals surface area (Å²) in [6.45, 7) is 3.90. The number of fused-ring (bicyclic) bond motifs is 2. The van der Waals surface area contributed by atoms with E-state index >= 15 is 0 Å². The maximum Gasteiger partial charge on any atom is 0.138 e. The lowest BCUT2D eigenvalue weighted by molar-refractivity contribution is -0.115. The summed E-state index contributed by atoms with van der Waals surface area (Å²) in [6, 6.07) is 15.9. The van der Waals surface area contributed by atoms with Crippen LogP contribution in [0.4, 0.5) is 5.82 Å². The number of nitrogens with zero attached hydrogens (tertiary/aromatic N) is 5. The molecule has 1 unspecified atom stereocenters. The third-order valence-electron chi connectivity index (χ3n) is 6.02. The molecule has 1 aliphatic rings. The summed E-state index contributed by atoms with van der Waals surface area (Å²) in [6.07, 6.45) is 2.53. The Morgan fingerprint density at radius 2 is 1.84 bits per heavy atom. The predicted octanol–water partition coefficient (Wildman–Crippen LogP) is 3.30. The average molecular weight is 447 g/mol. The van der Waals surface area contributed by atoms with Crippen molar-refractivity contribution in [1.29, 1.82) is 0 Å². The van der Waals surface area contributed by atoms with Gasteiger partial charge in [0, 0.05) is 43.5 Å². The summed E-state index contributed by atoms with van der Waals surface area (Å²) < 4.78 is 0. The Morgan fingerprint density at radius 3 is 2.72 bits per heavy atom. The summed E-state index contributed by atoms with van der Waals surface area (Å²) in [7, 11) is 0. The molecule has 0 radical (unpaired) electrons. The molecule has 0 aliphatic carbocycles. The number of benzene rings is 2. The largest absolute Gasteiger partial charge is 0.383 e. The SMILES string of the molecule is Nc1ncnc2cc(CN3CCN(Cc4ccc5nc(Cl)ccc5c4)CC3C=O)ccc12. The second kappa shape index (κ2) is 8.78. The molecule has 1 fully saturated rings. The van der Waals surface area contributed by atoms with Crippen molar-refractivity contribution in [2.75, 3.05) is 25.4 Å². The van der Waals surface area contributed by atoms with E-state index in [-0.39, 0.29) is 6.04 Å². The third kappa shape index (κ3) is 4.27. The van der Waals surface area contributed by atoms with Gasteiger partial charge in [-0.2, -0.15) is 0 Å². The minimum absolute atomic E-state index is 0.157. The van der Waals surface area contributed by atoms with Crippen molar-refractivity contribution in [3.63, 3.8) is 0 Å². The highest BCUT2D eigenvalue weighted by atomic mass is 35.5. The number of halogens is 1. The Hall–Kier alpha value is -3.13. The first-order valence-electron chi connectivity index (χ1n) is 10.5. The summed E-state index contributed by atoms with van der Waals surface area (Å²) in [5.41, 5.74) is 9.95.